The number of pyridine rings is 2. The van der Waals surface area contributed by atoms with Crippen LogP contribution < -0.4 is 16.0 Å². The second-order valence-electron chi connectivity index (χ2n) is 30.0. The van der Waals surface area contributed by atoms with Crippen LogP contribution in [0.3, 0.4) is 0 Å². The molecule has 0 aromatic carbocycles. The molecule has 706 valence electrons. The minimum atomic E-state index is -3.58. The van der Waals surface area contributed by atoms with E-state index in [1.807, 2.05) is 12.1 Å². The summed E-state index contributed by atoms with van der Waals surface area (Å²) in [5.74, 6) is -6.51. The van der Waals surface area contributed by atoms with Gasteiger partial charge in [0, 0.05) is 79.3 Å². The summed E-state index contributed by atoms with van der Waals surface area (Å²) in [6.07, 6.45) is -70.2. The van der Waals surface area contributed by atoms with Crippen molar-refractivity contribution in [3.05, 3.63) is 48.8 Å². The van der Waals surface area contributed by atoms with E-state index in [0.29, 0.717) is 16.5 Å². The van der Waals surface area contributed by atoms with Crippen LogP contribution >= 0.6 is 66.7 Å². The van der Waals surface area contributed by atoms with E-state index in [1.54, 1.807) is 36.7 Å². The van der Waals surface area contributed by atoms with Crippen LogP contribution in [0.1, 0.15) is 26.2 Å². The van der Waals surface area contributed by atoms with Crippen LogP contribution in [-0.2, 0) is 95.0 Å². The van der Waals surface area contributed by atoms with Gasteiger partial charge in [0.2, 0.25) is 11.8 Å². The van der Waals surface area contributed by atoms with Gasteiger partial charge in [-0.05, 0) is 59.8 Å². The van der Waals surface area contributed by atoms with Gasteiger partial charge in [0.05, 0.1) is 83.6 Å². The van der Waals surface area contributed by atoms with Gasteiger partial charge in [-0.2, -0.15) is 23.5 Å². The summed E-state index contributed by atoms with van der Waals surface area (Å²) in [5, 5.41) is 244. The Morgan fingerprint density at radius 2 is 0.782 bits per heavy atom. The molecule has 2 aromatic heterocycles. The number of nitrogens with one attached hydrogen (secondary N) is 3. The van der Waals surface area contributed by atoms with Crippen molar-refractivity contribution in [3.63, 3.8) is 0 Å². The molecule has 51 heteroatoms. The number of hydrogen-bond acceptors (Lipinski definition) is 49. The lowest BCUT2D eigenvalue weighted by Gasteiger charge is -2.52. The molecular weight excluding hydrogens is 1780 g/mol. The second-order valence-corrected chi connectivity index (χ2v) is 37.0. The summed E-state index contributed by atoms with van der Waals surface area (Å²) in [6, 6.07) is 9.80. The molecule has 21 fully saturated rings. The summed E-state index contributed by atoms with van der Waals surface area (Å²) in [5.41, 5.74) is 0. The summed E-state index contributed by atoms with van der Waals surface area (Å²) in [4.78, 5) is 61.3. The highest BCUT2D eigenvalue weighted by molar-refractivity contribution is 8.77. The highest BCUT2D eigenvalue weighted by Gasteiger charge is 2.63. The Bertz CT molecular complexity index is 3520. The number of carbonyl (C=O) groups is 4. The lowest BCUT2D eigenvalue weighted by molar-refractivity contribution is -0.480. The van der Waals surface area contributed by atoms with Crippen LogP contribution in [0.5, 0.6) is 0 Å². The lowest BCUT2D eigenvalue weighted by atomic mass is 9.94. The minimum Gasteiger partial charge on any atom is -0.394 e. The summed E-state index contributed by atoms with van der Waals surface area (Å²) in [6.45, 7) is -3.72. The van der Waals surface area contributed by atoms with Gasteiger partial charge in [0.25, 0.3) is 0 Å². The number of aliphatic hydroxyl groups excluding tert-OH is 19. The van der Waals surface area contributed by atoms with E-state index >= 15 is 0 Å². The number of hydrogen-bond donors (Lipinski definition) is 23. The molecule has 124 heavy (non-hydrogen) atoms. The zero-order valence-electron chi connectivity index (χ0n) is 67.0. The standard InChI is InChI=1S/C73H113N5O40S6/c1-31(84)9-15-103-17-18-104-16-10-33(85)21-32(65(100)77-13-19-121-123-42-7-3-5-11-75-42)27-119-29-40-62-48(90)54(96)71(109-40)113-59-38(25-82)107-69(52(94)46(59)88)115-61-39(26-83)117-73(102,64(99)56(61)98)118-63-41(30-120-28-34(74-2)66(101)78-14-20-122-124-43-8-4-6-12-76-43)110-72(55(97)49(63)91)114-60-37(24-81)106-68(51(93)45(60)87)111-57-35(22-79)105-67(50(92)44(57)86)112-58-36(23-80)108-70(116-62)53(95)47(58)89/h3-8,11-12,32,34-41,44-64,67-72,74,79-83,86-99,102H,9-10,13-30H2,1-2H3,(H,77,100)(H,78,101)/t32?,34?,35?,36?,37?,38?,39?,40?,41?,44-,45-,46-,47-,48-,49-,50?,51?,52?,53?,54?,55?,56+,57+,58+,59+,60+,61+,62+,63+,64?,67+,68+,69+,70+,71+,72+,73-/m1/s1. The maximum Gasteiger partial charge on any atom is 0.311 e. The van der Waals surface area contributed by atoms with Crippen molar-refractivity contribution < 1.29 is 197 Å². The van der Waals surface area contributed by atoms with Gasteiger partial charge in [-0.1, -0.05) is 33.7 Å². The average Bonchev–Trinajstić information content (AvgIpc) is 0.763. The van der Waals surface area contributed by atoms with Gasteiger partial charge >= 0.3 is 5.97 Å². The molecular formula is C73H113N5O40S6. The molecule has 23 rings (SSSR count). The average molecular weight is 1890 g/mol. The highest BCUT2D eigenvalue weighted by atomic mass is 33.1. The molecule has 21 saturated heterocycles. The number of aliphatic hydroxyl groups is 20. The fraction of sp³-hybridized carbons (Fsp3) is 0.808. The normalized spacial score (nSPS) is 39.8. The van der Waals surface area contributed by atoms with Crippen LogP contribution in [-0.4, -0.2) is 470 Å². The summed E-state index contributed by atoms with van der Waals surface area (Å²) >= 11 is 1.86. The fourth-order valence-corrected chi connectivity index (χ4v) is 20.3. The maximum absolute atomic E-state index is 14.2. The van der Waals surface area contributed by atoms with Gasteiger partial charge in [0.15, 0.2) is 43.8 Å². The zero-order valence-corrected chi connectivity index (χ0v) is 71.9. The molecule has 23 heterocycles. The number of ketones is 2. The van der Waals surface area contributed by atoms with Gasteiger partial charge in [-0.25, -0.2) is 9.97 Å². The highest BCUT2D eigenvalue weighted by Crippen LogP contribution is 2.42. The molecule has 45 nitrogen and oxygen atoms in total. The zero-order chi connectivity index (χ0) is 89.6. The third-order valence-electron chi connectivity index (χ3n) is 21.2. The number of Topliss-reactive ketones (excluding diaryl/α,β-unsaturated/α-hetero) is 2. The second kappa shape index (κ2) is 50.3. The van der Waals surface area contributed by atoms with Crippen molar-refractivity contribution in [1.82, 2.24) is 25.9 Å². The van der Waals surface area contributed by atoms with Gasteiger partial charge < -0.3 is 194 Å². The molecule has 0 spiro atoms. The Labute approximate surface area is 734 Å². The van der Waals surface area contributed by atoms with Gasteiger partial charge in [-0.15, -0.1) is 0 Å². The third-order valence-corrected chi connectivity index (χ3v) is 28.1. The first-order valence-electron chi connectivity index (χ1n) is 39.9. The van der Waals surface area contributed by atoms with E-state index in [-0.39, 0.29) is 76.1 Å². The Morgan fingerprint density at radius 1 is 0.427 bits per heavy atom. The quantitative estimate of drug-likeness (QED) is 0.0221. The number of ether oxygens (including phenoxy) is 16. The third kappa shape index (κ3) is 27.0. The van der Waals surface area contributed by atoms with Crippen molar-refractivity contribution in [1.29, 1.82) is 0 Å². The van der Waals surface area contributed by atoms with E-state index in [4.69, 9.17) is 75.8 Å². The minimum absolute atomic E-state index is 0.0700. The van der Waals surface area contributed by atoms with Crippen molar-refractivity contribution in [2.45, 2.75) is 257 Å². The van der Waals surface area contributed by atoms with Crippen LogP contribution in [0.15, 0.2) is 58.8 Å². The van der Waals surface area contributed by atoms with Crippen LogP contribution in [0.25, 0.3) is 0 Å². The molecule has 14 bridgehead atoms. The van der Waals surface area contributed by atoms with Gasteiger partial charge in [0.1, 0.15) is 174 Å². The number of nitrogens with zero attached hydrogens (tertiary/aromatic N) is 2. The summed E-state index contributed by atoms with van der Waals surface area (Å²) < 4.78 is 94.7. The van der Waals surface area contributed by atoms with Crippen molar-refractivity contribution >= 4 is 90.1 Å². The van der Waals surface area contributed by atoms with E-state index < -0.39 is 289 Å². The SMILES string of the molecule is CNC(CSCC1O[C@H]2O[C@H]3C(CO)O[C@@H](O[C@H]4C(CO)O[C@@H](O[C@H]5C(CO)O[C@@H](O[C@H]6C(CSCC(CC(=O)CCOCCOCCC(C)=O)C(=O)NCCSSc7ccccn7)O[C@@H](O[C@H]7C(CO)O[C@@H](O[C@H]8C(CO)O[C@@](O)(O[C@@H]1[C@H](O)C2O)C(O)[C@H]8O)C(O)[C@H]7O)C(O)[C@H]6O)C(O)[C@H]5O)C(O)[C@H]4O)C(O)[C@H]3O)C(=O)NCCSSc1ccccn1. The van der Waals surface area contributed by atoms with Crippen LogP contribution in [0.2, 0.25) is 0 Å². The first-order chi connectivity index (χ1) is 59.5. The Hall–Kier alpha value is -2.80. The van der Waals surface area contributed by atoms with E-state index in [9.17, 15) is 121 Å². The van der Waals surface area contributed by atoms with E-state index in [0.717, 1.165) is 28.5 Å². The first kappa shape index (κ1) is 103. The van der Waals surface area contributed by atoms with Crippen molar-refractivity contribution in [2.75, 3.05) is 114 Å². The largest absolute Gasteiger partial charge is 0.394 e. The molecule has 21 aliphatic heterocycles. The Morgan fingerprint density at radius 3 is 1.16 bits per heavy atom. The van der Waals surface area contributed by atoms with E-state index in [1.165, 1.54) is 57.1 Å². The van der Waals surface area contributed by atoms with Crippen LogP contribution in [0.4, 0.5) is 0 Å². The summed E-state index contributed by atoms with van der Waals surface area (Å²) in [7, 11) is 7.04. The number of amides is 2. The lowest BCUT2D eigenvalue weighted by Crippen LogP contribution is -2.71. The number of carbonyl (C=O) groups excluding carboxylic acids is 4. The molecule has 0 radical (unpaired) electrons. The molecule has 0 saturated carbocycles. The smallest absolute Gasteiger partial charge is 0.311 e. The van der Waals surface area contributed by atoms with Crippen LogP contribution in [0, 0.1) is 5.92 Å². The Balaban J connectivity index is 0.920. The predicted octanol–water partition coefficient (Wildman–Crippen LogP) is -9.96. The van der Waals surface area contributed by atoms with Crippen molar-refractivity contribution in [2.24, 2.45) is 5.92 Å². The predicted molar refractivity (Wildman–Crippen MR) is 429 cm³/mol. The molecule has 2 aromatic rings. The number of thioether (sulfide) groups is 2. The Kier molecular flexibility index (Phi) is 41.9. The number of rotatable bonds is 37. The fourth-order valence-electron chi connectivity index (χ4n) is 14.4. The molecule has 23 N–H and O–H groups in total. The monoisotopic (exact) mass is 1890 g/mol. The topological polar surface area (TPSA) is 682 Å². The van der Waals surface area contributed by atoms with Gasteiger partial charge in [-0.3, -0.25) is 19.2 Å². The van der Waals surface area contributed by atoms with Crippen molar-refractivity contribution in [3.8, 4) is 0 Å². The van der Waals surface area contributed by atoms with E-state index in [2.05, 4.69) is 25.9 Å². The number of aromatic nitrogens is 2. The molecule has 16 unspecified atom stereocenters. The number of likely N-dealkylation sites (N-methyl/N-ethyl adjacent to an activating group) is 1. The molecule has 0 aliphatic carbocycles. The molecule has 2 amide bonds. The maximum atomic E-state index is 14.2. The molecule has 37 atom stereocenters. The molecule has 21 aliphatic rings. The first-order valence-corrected chi connectivity index (χ1v) is 46.9.